The fraction of sp³-hybridized carbons (Fsp3) is 0.562. The summed E-state index contributed by atoms with van der Waals surface area (Å²) in [6, 6.07) is 8.07. The van der Waals surface area contributed by atoms with Gasteiger partial charge < -0.3 is 19.9 Å². The molecule has 0 aliphatic carbocycles. The summed E-state index contributed by atoms with van der Waals surface area (Å²) in [7, 11) is 7.66. The second kappa shape index (κ2) is 9.23. The molecule has 0 aliphatic heterocycles. The maximum absolute atomic E-state index is 5.39. The van der Waals surface area contributed by atoms with Gasteiger partial charge >= 0.3 is 0 Å². The van der Waals surface area contributed by atoms with E-state index in [9.17, 15) is 0 Å². The van der Waals surface area contributed by atoms with Gasteiger partial charge in [-0.3, -0.25) is 4.99 Å². The number of benzene rings is 1. The summed E-state index contributed by atoms with van der Waals surface area (Å²) < 4.78 is 5.39. The van der Waals surface area contributed by atoms with Crippen molar-refractivity contribution < 1.29 is 4.74 Å². The smallest absolute Gasteiger partial charge is 0.193 e. The van der Waals surface area contributed by atoms with Crippen molar-refractivity contribution in [3.8, 4) is 5.75 Å². The lowest BCUT2D eigenvalue weighted by Gasteiger charge is -2.24. The van der Waals surface area contributed by atoms with Crippen LogP contribution < -0.4 is 10.1 Å². The minimum absolute atomic E-state index is 0.757. The zero-order chi connectivity index (χ0) is 15.7. The number of hydrogen-bond donors (Lipinski definition) is 1. The molecule has 0 heterocycles. The number of ether oxygens (including phenoxy) is 1. The number of para-hydroxylation sites is 1. The Kier molecular flexibility index (Phi) is 7.61. The highest BCUT2D eigenvalue weighted by Crippen LogP contribution is 2.18. The topological polar surface area (TPSA) is 40.1 Å². The molecule has 118 valence electrons. The van der Waals surface area contributed by atoms with Crippen LogP contribution in [0.25, 0.3) is 0 Å². The van der Waals surface area contributed by atoms with Gasteiger partial charge in [0.2, 0.25) is 0 Å². The Labute approximate surface area is 128 Å². The lowest BCUT2D eigenvalue weighted by Crippen LogP contribution is -2.41. The van der Waals surface area contributed by atoms with E-state index in [4.69, 9.17) is 4.74 Å². The fourth-order valence-corrected chi connectivity index (χ4v) is 2.07. The van der Waals surface area contributed by atoms with Crippen molar-refractivity contribution in [3.63, 3.8) is 0 Å². The average molecular weight is 292 g/mol. The van der Waals surface area contributed by atoms with E-state index in [1.165, 1.54) is 0 Å². The van der Waals surface area contributed by atoms with Crippen molar-refractivity contribution in [2.24, 2.45) is 4.99 Å². The maximum atomic E-state index is 5.39. The first kappa shape index (κ1) is 17.3. The Morgan fingerprint density at radius 3 is 2.62 bits per heavy atom. The van der Waals surface area contributed by atoms with Gasteiger partial charge in [-0.05, 0) is 19.7 Å². The van der Waals surface area contributed by atoms with Crippen molar-refractivity contribution in [2.45, 2.75) is 13.5 Å². The summed E-state index contributed by atoms with van der Waals surface area (Å²) in [5.74, 6) is 1.80. The van der Waals surface area contributed by atoms with E-state index < -0.39 is 0 Å². The molecule has 0 bridgehead atoms. The van der Waals surface area contributed by atoms with E-state index in [0.29, 0.717) is 0 Å². The Morgan fingerprint density at radius 1 is 1.29 bits per heavy atom. The normalized spacial score (nSPS) is 11.6. The zero-order valence-electron chi connectivity index (χ0n) is 13.9. The highest BCUT2D eigenvalue weighted by Gasteiger charge is 2.09. The van der Waals surface area contributed by atoms with E-state index in [2.05, 4.69) is 40.1 Å². The van der Waals surface area contributed by atoms with Gasteiger partial charge in [0.1, 0.15) is 5.75 Å². The highest BCUT2D eigenvalue weighted by atomic mass is 16.5. The standard InChI is InChI=1S/C16H28N4O/c1-6-19(3)12-11-18-16(17-2)20(4)13-14-9-7-8-10-15(14)21-5/h7-10H,6,11-13H2,1-5H3,(H,17,18). The van der Waals surface area contributed by atoms with Crippen LogP contribution in [0.15, 0.2) is 29.3 Å². The van der Waals surface area contributed by atoms with Gasteiger partial charge in [0.25, 0.3) is 0 Å². The summed E-state index contributed by atoms with van der Waals surface area (Å²) >= 11 is 0. The quantitative estimate of drug-likeness (QED) is 0.613. The summed E-state index contributed by atoms with van der Waals surface area (Å²) in [5.41, 5.74) is 1.15. The van der Waals surface area contributed by atoms with E-state index in [0.717, 1.165) is 43.5 Å². The third-order valence-corrected chi connectivity index (χ3v) is 3.49. The van der Waals surface area contributed by atoms with Crippen LogP contribution in [0, 0.1) is 0 Å². The lowest BCUT2D eigenvalue weighted by atomic mass is 10.2. The molecule has 0 unspecified atom stereocenters. The summed E-state index contributed by atoms with van der Waals surface area (Å²) in [5, 5.41) is 3.39. The van der Waals surface area contributed by atoms with Crippen LogP contribution in [-0.2, 0) is 6.54 Å². The number of rotatable bonds is 7. The molecule has 1 aromatic rings. The second-order valence-corrected chi connectivity index (χ2v) is 5.04. The number of methoxy groups -OCH3 is 1. The first-order valence-corrected chi connectivity index (χ1v) is 7.34. The van der Waals surface area contributed by atoms with Crippen molar-refractivity contribution in [2.75, 3.05) is 47.9 Å². The molecule has 0 aromatic heterocycles. The molecule has 0 spiro atoms. The fourth-order valence-electron chi connectivity index (χ4n) is 2.07. The Hall–Kier alpha value is -1.75. The molecule has 1 aromatic carbocycles. The second-order valence-electron chi connectivity index (χ2n) is 5.04. The first-order valence-electron chi connectivity index (χ1n) is 7.34. The van der Waals surface area contributed by atoms with E-state index in [-0.39, 0.29) is 0 Å². The third kappa shape index (κ3) is 5.63. The third-order valence-electron chi connectivity index (χ3n) is 3.49. The molecular formula is C16H28N4O. The van der Waals surface area contributed by atoms with E-state index >= 15 is 0 Å². The zero-order valence-corrected chi connectivity index (χ0v) is 13.9. The number of aliphatic imine (C=N–C) groups is 1. The van der Waals surface area contributed by atoms with E-state index in [1.807, 2.05) is 32.3 Å². The van der Waals surface area contributed by atoms with E-state index in [1.54, 1.807) is 7.11 Å². The lowest BCUT2D eigenvalue weighted by molar-refractivity contribution is 0.353. The molecule has 0 aliphatic rings. The van der Waals surface area contributed by atoms with Crippen molar-refractivity contribution in [3.05, 3.63) is 29.8 Å². The molecule has 0 saturated heterocycles. The number of hydrogen-bond acceptors (Lipinski definition) is 3. The van der Waals surface area contributed by atoms with Crippen LogP contribution in [0.4, 0.5) is 0 Å². The first-order chi connectivity index (χ1) is 10.1. The average Bonchev–Trinajstić information content (AvgIpc) is 2.51. The largest absolute Gasteiger partial charge is 0.496 e. The van der Waals surface area contributed by atoms with Crippen LogP contribution in [0.2, 0.25) is 0 Å². The summed E-state index contributed by atoms with van der Waals surface area (Å²) in [4.78, 5) is 8.70. The monoisotopic (exact) mass is 292 g/mol. The van der Waals surface area contributed by atoms with Crippen molar-refractivity contribution in [1.29, 1.82) is 0 Å². The molecular weight excluding hydrogens is 264 g/mol. The van der Waals surface area contributed by atoms with Gasteiger partial charge in [0.05, 0.1) is 7.11 Å². The number of nitrogens with zero attached hydrogens (tertiary/aromatic N) is 3. The maximum Gasteiger partial charge on any atom is 0.193 e. The van der Waals surface area contributed by atoms with Gasteiger partial charge in [-0.25, -0.2) is 0 Å². The minimum Gasteiger partial charge on any atom is -0.496 e. The summed E-state index contributed by atoms with van der Waals surface area (Å²) in [6.07, 6.45) is 0. The molecule has 0 fully saturated rings. The molecule has 21 heavy (non-hydrogen) atoms. The minimum atomic E-state index is 0.757. The predicted octanol–water partition coefficient (Wildman–Crippen LogP) is 1.65. The van der Waals surface area contributed by atoms with Crippen LogP contribution >= 0.6 is 0 Å². The van der Waals surface area contributed by atoms with Crippen LogP contribution in [0.1, 0.15) is 12.5 Å². The van der Waals surface area contributed by atoms with Crippen LogP contribution in [-0.4, -0.2) is 63.6 Å². The van der Waals surface area contributed by atoms with Gasteiger partial charge in [-0.2, -0.15) is 0 Å². The molecule has 1 rings (SSSR count). The van der Waals surface area contributed by atoms with Gasteiger partial charge in [-0.15, -0.1) is 0 Å². The van der Waals surface area contributed by atoms with Crippen molar-refractivity contribution >= 4 is 5.96 Å². The molecule has 0 radical (unpaired) electrons. The molecule has 0 amide bonds. The summed E-state index contributed by atoms with van der Waals surface area (Å²) in [6.45, 7) is 5.85. The van der Waals surface area contributed by atoms with Crippen LogP contribution in [0.3, 0.4) is 0 Å². The number of nitrogens with one attached hydrogen (secondary N) is 1. The number of likely N-dealkylation sites (N-methyl/N-ethyl adjacent to an activating group) is 1. The Bertz CT molecular complexity index is 448. The molecule has 5 heteroatoms. The molecule has 0 saturated carbocycles. The Balaban J connectivity index is 2.57. The molecule has 0 atom stereocenters. The molecule has 5 nitrogen and oxygen atoms in total. The molecule has 1 N–H and O–H groups in total. The van der Waals surface area contributed by atoms with Gasteiger partial charge in [0.15, 0.2) is 5.96 Å². The highest BCUT2D eigenvalue weighted by molar-refractivity contribution is 5.79. The van der Waals surface area contributed by atoms with Gasteiger partial charge in [0, 0.05) is 39.3 Å². The SMILES string of the molecule is CCN(C)CCNC(=NC)N(C)Cc1ccccc1OC. The predicted molar refractivity (Wildman–Crippen MR) is 89.0 cm³/mol. The van der Waals surface area contributed by atoms with Crippen molar-refractivity contribution in [1.82, 2.24) is 15.1 Å². The Morgan fingerprint density at radius 2 is 2.00 bits per heavy atom. The number of guanidine groups is 1. The van der Waals surface area contributed by atoms with Crippen LogP contribution in [0.5, 0.6) is 5.75 Å². The van der Waals surface area contributed by atoms with Gasteiger partial charge in [-0.1, -0.05) is 25.1 Å².